The van der Waals surface area contributed by atoms with Crippen molar-refractivity contribution in [2.45, 2.75) is 62.8 Å². The zero-order valence-electron chi connectivity index (χ0n) is 14.2. The molecule has 0 aliphatic carbocycles. The fraction of sp³-hybridized carbons (Fsp3) is 0.500. The summed E-state index contributed by atoms with van der Waals surface area (Å²) < 4.78 is 0. The fourth-order valence-corrected chi connectivity index (χ4v) is 0.999. The number of aryl methyl sites for hydroxylation is 4. The second kappa shape index (κ2) is 16.3. The average molecular weight is 291 g/mol. The Morgan fingerprint density at radius 3 is 1.33 bits per heavy atom. The highest BCUT2D eigenvalue weighted by Gasteiger charge is 1.82. The molecule has 3 nitrogen and oxygen atoms in total. The van der Waals surface area contributed by atoms with Gasteiger partial charge in [0.05, 0.1) is 0 Å². The molecule has 3 heteroatoms. The van der Waals surface area contributed by atoms with Crippen molar-refractivity contribution in [3.63, 3.8) is 0 Å². The first-order chi connectivity index (χ1) is 9.58. The highest BCUT2D eigenvalue weighted by molar-refractivity contribution is 5.10. The molecule has 0 bridgehead atoms. The van der Waals surface area contributed by atoms with E-state index >= 15 is 0 Å². The lowest BCUT2D eigenvalue weighted by Gasteiger charge is -1.89. The summed E-state index contributed by atoms with van der Waals surface area (Å²) in [6, 6.07) is 4.07. The van der Waals surface area contributed by atoms with Crippen LogP contribution < -0.4 is 0 Å². The van der Waals surface area contributed by atoms with Crippen molar-refractivity contribution < 1.29 is 0 Å². The molecule has 2 rings (SSSR count). The normalized spacial score (nSPS) is 7.62. The molecule has 2 heterocycles. The summed E-state index contributed by atoms with van der Waals surface area (Å²) >= 11 is 0. The van der Waals surface area contributed by atoms with Gasteiger partial charge in [-0.25, -0.2) is 9.97 Å². The molecule has 0 radical (unpaired) electrons. The maximum atomic E-state index is 4.08. The van der Waals surface area contributed by atoms with Crippen molar-refractivity contribution >= 4 is 0 Å². The number of rotatable bonds is 0. The third-order valence-corrected chi connectivity index (χ3v) is 1.97. The Hall–Kier alpha value is -1.77. The zero-order chi connectivity index (χ0) is 16.0. The smallest absolute Gasteiger partial charge is 0.125 e. The van der Waals surface area contributed by atoms with Gasteiger partial charge in [-0.3, -0.25) is 4.98 Å². The van der Waals surface area contributed by atoms with Crippen LogP contribution in [-0.4, -0.2) is 15.0 Å². The summed E-state index contributed by atoms with van der Waals surface area (Å²) in [7, 11) is 0. The molecular weight excluding hydrogens is 258 g/mol. The molecule has 0 fully saturated rings. The molecule has 0 atom stereocenters. The van der Waals surface area contributed by atoms with Crippen LogP contribution >= 0.6 is 0 Å². The van der Waals surface area contributed by atoms with Gasteiger partial charge in [-0.2, -0.15) is 0 Å². The third kappa shape index (κ3) is 14.4. The first kappa shape index (κ1) is 24.3. The van der Waals surface area contributed by atoms with Crippen LogP contribution in [0.25, 0.3) is 0 Å². The Balaban J connectivity index is -0.000000240. The van der Waals surface area contributed by atoms with E-state index in [-0.39, 0.29) is 7.43 Å². The largest absolute Gasteiger partial charge is 0.261 e. The molecule has 0 unspecified atom stereocenters. The van der Waals surface area contributed by atoms with Crippen LogP contribution in [0.2, 0.25) is 0 Å². The first-order valence-corrected chi connectivity index (χ1v) is 7.22. The van der Waals surface area contributed by atoms with Gasteiger partial charge in [-0.15, -0.1) is 0 Å². The summed E-state index contributed by atoms with van der Waals surface area (Å²) in [5.74, 6) is 0.829. The van der Waals surface area contributed by atoms with Gasteiger partial charge in [0.2, 0.25) is 0 Å². The van der Waals surface area contributed by atoms with E-state index in [2.05, 4.69) is 21.0 Å². The molecule has 2 aromatic rings. The Morgan fingerprint density at radius 1 is 0.619 bits per heavy atom. The Morgan fingerprint density at radius 2 is 1.05 bits per heavy atom. The molecule has 0 aliphatic rings. The maximum Gasteiger partial charge on any atom is 0.125 e. The molecule has 0 spiro atoms. The highest BCUT2D eigenvalue weighted by Crippen LogP contribution is 1.94. The van der Waals surface area contributed by atoms with Crippen LogP contribution in [0.15, 0.2) is 30.7 Å². The van der Waals surface area contributed by atoms with E-state index in [9.17, 15) is 0 Å². The van der Waals surface area contributed by atoms with Crippen LogP contribution in [-0.2, 0) is 0 Å². The molecule has 21 heavy (non-hydrogen) atoms. The van der Waals surface area contributed by atoms with E-state index in [0.717, 1.165) is 17.1 Å². The van der Waals surface area contributed by atoms with Crippen LogP contribution in [0.5, 0.6) is 0 Å². The molecule has 0 aliphatic heterocycles. The molecule has 0 saturated heterocycles. The van der Waals surface area contributed by atoms with Gasteiger partial charge in [-0.1, -0.05) is 41.2 Å². The lowest BCUT2D eigenvalue weighted by molar-refractivity contribution is 1.03. The molecule has 0 saturated carbocycles. The van der Waals surface area contributed by atoms with Crippen LogP contribution in [0.4, 0.5) is 0 Å². The number of nitrogens with zero attached hydrogens (tertiary/aromatic N) is 3. The predicted molar refractivity (Wildman–Crippen MR) is 94.6 cm³/mol. The van der Waals surface area contributed by atoms with Crippen molar-refractivity contribution in [1.29, 1.82) is 0 Å². The van der Waals surface area contributed by atoms with Gasteiger partial charge in [0.15, 0.2) is 0 Å². The average Bonchev–Trinajstić information content (AvgIpc) is 2.50. The number of pyridine rings is 1. The van der Waals surface area contributed by atoms with Gasteiger partial charge in [0.1, 0.15) is 5.82 Å². The first-order valence-electron chi connectivity index (χ1n) is 7.22. The number of hydrogen-bond donors (Lipinski definition) is 0. The highest BCUT2D eigenvalue weighted by atomic mass is 14.8. The summed E-state index contributed by atoms with van der Waals surface area (Å²) in [6.07, 6.45) is 5.49. The summed E-state index contributed by atoms with van der Waals surface area (Å²) in [5.41, 5.74) is 3.40. The van der Waals surface area contributed by atoms with E-state index in [0.29, 0.717) is 0 Å². The van der Waals surface area contributed by atoms with E-state index in [1.807, 2.05) is 80.0 Å². The molecule has 120 valence electrons. The van der Waals surface area contributed by atoms with E-state index in [1.165, 1.54) is 5.56 Å². The van der Waals surface area contributed by atoms with Crippen LogP contribution in [0.3, 0.4) is 0 Å². The summed E-state index contributed by atoms with van der Waals surface area (Å²) in [5, 5.41) is 0. The molecule has 0 aromatic carbocycles. The monoisotopic (exact) mass is 291 g/mol. The number of aromatic nitrogens is 3. The maximum absolute atomic E-state index is 4.08. The van der Waals surface area contributed by atoms with E-state index in [1.54, 1.807) is 0 Å². The van der Waals surface area contributed by atoms with Crippen molar-refractivity contribution in [3.8, 4) is 0 Å². The lowest BCUT2D eigenvalue weighted by Crippen LogP contribution is -1.84. The van der Waals surface area contributed by atoms with Gasteiger partial charge < -0.3 is 0 Å². The molecule has 0 N–H and O–H groups in total. The predicted octanol–water partition coefficient (Wildman–Crippen LogP) is 5.48. The van der Waals surface area contributed by atoms with Crippen LogP contribution in [0, 0.1) is 27.7 Å². The minimum absolute atomic E-state index is 0. The summed E-state index contributed by atoms with van der Waals surface area (Å²) in [6.45, 7) is 15.9. The fourth-order valence-electron chi connectivity index (χ4n) is 0.999. The Bertz CT molecular complexity index is 334. The van der Waals surface area contributed by atoms with Crippen molar-refractivity contribution in [2.24, 2.45) is 0 Å². The minimum Gasteiger partial charge on any atom is -0.261 e. The van der Waals surface area contributed by atoms with E-state index in [4.69, 9.17) is 0 Å². The van der Waals surface area contributed by atoms with Crippen LogP contribution in [0.1, 0.15) is 57.8 Å². The van der Waals surface area contributed by atoms with E-state index < -0.39 is 0 Å². The summed E-state index contributed by atoms with van der Waals surface area (Å²) in [4.78, 5) is 12.0. The topological polar surface area (TPSA) is 38.7 Å². The lowest BCUT2D eigenvalue weighted by atomic mass is 10.3. The zero-order valence-corrected chi connectivity index (χ0v) is 14.2. The SMILES string of the molecule is C.CC.CC.Cc1ccc(C)nc1.Cc1cnc(C)nc1. The van der Waals surface area contributed by atoms with Crippen molar-refractivity contribution in [2.75, 3.05) is 0 Å². The second-order valence-electron chi connectivity index (χ2n) is 3.78. The minimum atomic E-state index is 0. The molecular formula is C18H33N3. The standard InChI is InChI=1S/C7H9N.C6H8N2.2C2H6.CH4/c1-6-3-4-7(2)8-5-6;1-5-3-7-6(2)8-4-5;2*1-2;/h3-5H,1-2H3;3-4H,1-2H3;2*1-2H3;1H4. The number of hydrogen-bond acceptors (Lipinski definition) is 3. The second-order valence-corrected chi connectivity index (χ2v) is 3.78. The van der Waals surface area contributed by atoms with Gasteiger partial charge >= 0.3 is 0 Å². The van der Waals surface area contributed by atoms with Gasteiger partial charge in [0.25, 0.3) is 0 Å². The molecule has 2 aromatic heterocycles. The quantitative estimate of drug-likeness (QED) is 0.645. The molecule has 0 amide bonds. The van der Waals surface area contributed by atoms with Gasteiger partial charge in [-0.05, 0) is 44.9 Å². The Kier molecular flexibility index (Phi) is 18.8. The van der Waals surface area contributed by atoms with Crippen molar-refractivity contribution in [3.05, 3.63) is 53.4 Å². The third-order valence-electron chi connectivity index (χ3n) is 1.97. The Labute approximate surface area is 131 Å². The van der Waals surface area contributed by atoms with Crippen molar-refractivity contribution in [1.82, 2.24) is 15.0 Å². The van der Waals surface area contributed by atoms with Gasteiger partial charge in [0, 0.05) is 24.3 Å².